The Labute approximate surface area is 188 Å². The molecule has 1 aliphatic rings. The summed E-state index contributed by atoms with van der Waals surface area (Å²) in [5, 5.41) is 0.535. The van der Waals surface area contributed by atoms with Crippen LogP contribution in [0.5, 0.6) is 5.75 Å². The van der Waals surface area contributed by atoms with E-state index in [2.05, 4.69) is 0 Å². The Hall–Kier alpha value is -3.15. The van der Waals surface area contributed by atoms with Gasteiger partial charge in [0, 0.05) is 13.0 Å². The molecular weight excluding hydrogens is 402 g/mol. The van der Waals surface area contributed by atoms with Crippen LogP contribution in [-0.2, 0) is 4.79 Å². The number of aromatic nitrogens is 2. The van der Waals surface area contributed by atoms with Crippen molar-refractivity contribution in [3.8, 4) is 11.4 Å². The third-order valence-electron chi connectivity index (χ3n) is 6.63. The topological polar surface area (TPSA) is 64.4 Å². The van der Waals surface area contributed by atoms with Crippen LogP contribution in [0.4, 0.5) is 0 Å². The Morgan fingerprint density at radius 1 is 1.16 bits per heavy atom. The van der Waals surface area contributed by atoms with Crippen LogP contribution in [0.3, 0.4) is 0 Å². The van der Waals surface area contributed by atoms with Crippen molar-refractivity contribution in [3.05, 3.63) is 64.2 Å². The molecule has 1 atom stereocenters. The third kappa shape index (κ3) is 4.01. The van der Waals surface area contributed by atoms with Crippen molar-refractivity contribution in [1.82, 2.24) is 14.5 Å². The van der Waals surface area contributed by atoms with E-state index >= 15 is 0 Å². The summed E-state index contributed by atoms with van der Waals surface area (Å²) >= 11 is 0. The summed E-state index contributed by atoms with van der Waals surface area (Å²) in [4.78, 5) is 33.6. The zero-order chi connectivity index (χ0) is 22.8. The molecule has 1 fully saturated rings. The number of carbonyl (C=O) groups is 1. The molecule has 4 rings (SSSR count). The maximum Gasteiger partial charge on any atom is 0.266 e. The highest BCUT2D eigenvalue weighted by Gasteiger charge is 2.30. The Kier molecular flexibility index (Phi) is 6.31. The van der Waals surface area contributed by atoms with Crippen LogP contribution in [0.1, 0.15) is 56.5 Å². The van der Waals surface area contributed by atoms with Crippen LogP contribution < -0.4 is 10.3 Å². The van der Waals surface area contributed by atoms with Gasteiger partial charge in [0.1, 0.15) is 11.6 Å². The lowest BCUT2D eigenvalue weighted by Gasteiger charge is -2.31. The van der Waals surface area contributed by atoms with Crippen molar-refractivity contribution < 1.29 is 9.53 Å². The van der Waals surface area contributed by atoms with Crippen molar-refractivity contribution >= 4 is 16.8 Å². The molecule has 1 heterocycles. The number of fused-ring (bicyclic) bond motifs is 1. The zero-order valence-corrected chi connectivity index (χ0v) is 19.3. The minimum absolute atomic E-state index is 0.0466. The number of amides is 1. The molecule has 1 unspecified atom stereocenters. The van der Waals surface area contributed by atoms with Gasteiger partial charge in [0.15, 0.2) is 0 Å². The van der Waals surface area contributed by atoms with Crippen LogP contribution in [0.2, 0.25) is 0 Å². The average Bonchev–Trinajstić information content (AvgIpc) is 2.83. The normalized spacial score (nSPS) is 15.5. The lowest BCUT2D eigenvalue weighted by atomic mass is 9.88. The number of hydrogen-bond donors (Lipinski definition) is 0. The molecule has 0 saturated heterocycles. The van der Waals surface area contributed by atoms with Crippen molar-refractivity contribution in [2.24, 2.45) is 5.92 Å². The van der Waals surface area contributed by atoms with E-state index in [1.54, 1.807) is 22.6 Å². The van der Waals surface area contributed by atoms with Gasteiger partial charge in [-0.15, -0.1) is 0 Å². The van der Waals surface area contributed by atoms with Crippen LogP contribution in [-0.4, -0.2) is 34.5 Å². The monoisotopic (exact) mass is 433 g/mol. The van der Waals surface area contributed by atoms with E-state index in [-0.39, 0.29) is 23.4 Å². The molecule has 1 aliphatic carbocycles. The van der Waals surface area contributed by atoms with Gasteiger partial charge in [-0.3, -0.25) is 14.2 Å². The average molecular weight is 434 g/mol. The van der Waals surface area contributed by atoms with Gasteiger partial charge in [-0.05, 0) is 56.5 Å². The molecule has 1 aromatic heterocycles. The molecule has 6 nitrogen and oxygen atoms in total. The SMILES string of the molecule is COc1ccc(C)cc1-n1c(C(C)N(C)C(=O)C2CCCCC2)nc2ccccc2c1=O. The van der Waals surface area contributed by atoms with Crippen molar-refractivity contribution in [3.63, 3.8) is 0 Å². The first-order chi connectivity index (χ1) is 15.4. The summed E-state index contributed by atoms with van der Waals surface area (Å²) in [5.74, 6) is 1.29. The third-order valence-corrected chi connectivity index (χ3v) is 6.63. The van der Waals surface area contributed by atoms with E-state index in [9.17, 15) is 9.59 Å². The molecule has 1 amide bonds. The molecule has 0 spiro atoms. The summed E-state index contributed by atoms with van der Waals surface area (Å²) in [5.41, 5.74) is 2.10. The van der Waals surface area contributed by atoms with E-state index in [0.717, 1.165) is 31.2 Å². The lowest BCUT2D eigenvalue weighted by Crippen LogP contribution is -2.38. The van der Waals surface area contributed by atoms with Crippen LogP contribution in [0.15, 0.2) is 47.3 Å². The fourth-order valence-electron chi connectivity index (χ4n) is 4.64. The molecule has 0 aliphatic heterocycles. The molecule has 3 aromatic rings. The fourth-order valence-corrected chi connectivity index (χ4v) is 4.64. The number of carbonyl (C=O) groups excluding carboxylic acids is 1. The van der Waals surface area contributed by atoms with Crippen LogP contribution in [0.25, 0.3) is 16.6 Å². The second-order valence-corrected chi connectivity index (χ2v) is 8.76. The Balaban J connectivity index is 1.88. The fraction of sp³-hybridized carbons (Fsp3) is 0.423. The van der Waals surface area contributed by atoms with Crippen molar-refractivity contribution in [1.29, 1.82) is 0 Å². The first-order valence-corrected chi connectivity index (χ1v) is 11.4. The molecule has 32 heavy (non-hydrogen) atoms. The smallest absolute Gasteiger partial charge is 0.266 e. The quantitative estimate of drug-likeness (QED) is 0.580. The predicted octanol–water partition coefficient (Wildman–Crippen LogP) is 4.80. The van der Waals surface area contributed by atoms with Crippen molar-refractivity contribution in [2.45, 2.75) is 52.0 Å². The van der Waals surface area contributed by atoms with Gasteiger partial charge in [0.05, 0.1) is 29.7 Å². The maximum absolute atomic E-state index is 13.7. The minimum atomic E-state index is -0.382. The highest BCUT2D eigenvalue weighted by atomic mass is 16.5. The zero-order valence-electron chi connectivity index (χ0n) is 19.3. The summed E-state index contributed by atoms with van der Waals surface area (Å²) in [6.45, 7) is 3.92. The molecule has 1 saturated carbocycles. The molecule has 2 aromatic carbocycles. The van der Waals surface area contributed by atoms with Crippen LogP contribution in [0, 0.1) is 12.8 Å². The van der Waals surface area contributed by atoms with E-state index in [0.29, 0.717) is 28.2 Å². The number of rotatable bonds is 5. The second kappa shape index (κ2) is 9.15. The minimum Gasteiger partial charge on any atom is -0.495 e. The Morgan fingerprint density at radius 3 is 2.59 bits per heavy atom. The van der Waals surface area contributed by atoms with Gasteiger partial charge < -0.3 is 9.64 Å². The van der Waals surface area contributed by atoms with Gasteiger partial charge in [-0.25, -0.2) is 4.98 Å². The number of ether oxygens (including phenoxy) is 1. The second-order valence-electron chi connectivity index (χ2n) is 8.76. The Morgan fingerprint density at radius 2 is 1.88 bits per heavy atom. The summed E-state index contributed by atoms with van der Waals surface area (Å²) in [6.07, 6.45) is 5.25. The van der Waals surface area contributed by atoms with Crippen LogP contribution >= 0.6 is 0 Å². The van der Waals surface area contributed by atoms with E-state index < -0.39 is 0 Å². The first kappa shape index (κ1) is 22.1. The number of para-hydroxylation sites is 1. The molecular formula is C26H31N3O3. The summed E-state index contributed by atoms with van der Waals surface area (Å²) in [7, 11) is 3.41. The maximum atomic E-state index is 13.7. The standard InChI is InChI=1S/C26H31N3O3/c1-17-14-15-23(32-4)22(16-17)29-24(27-21-13-9-8-12-20(21)26(29)31)18(2)28(3)25(30)19-10-6-5-7-11-19/h8-9,12-16,18-19H,5-7,10-11H2,1-4H3. The molecule has 0 radical (unpaired) electrons. The number of hydrogen-bond acceptors (Lipinski definition) is 4. The van der Waals surface area contributed by atoms with Gasteiger partial charge in [0.25, 0.3) is 5.56 Å². The molecule has 0 bridgehead atoms. The molecule has 168 valence electrons. The van der Waals surface area contributed by atoms with E-state index in [4.69, 9.17) is 9.72 Å². The van der Waals surface area contributed by atoms with E-state index in [1.165, 1.54) is 6.42 Å². The largest absolute Gasteiger partial charge is 0.495 e. The Bertz CT molecular complexity index is 1190. The number of nitrogens with zero attached hydrogens (tertiary/aromatic N) is 3. The van der Waals surface area contributed by atoms with Gasteiger partial charge in [0.2, 0.25) is 5.91 Å². The molecule has 0 N–H and O–H groups in total. The van der Waals surface area contributed by atoms with E-state index in [1.807, 2.05) is 57.3 Å². The number of methoxy groups -OCH3 is 1. The van der Waals surface area contributed by atoms with Gasteiger partial charge in [-0.1, -0.05) is 37.5 Å². The molecule has 6 heteroatoms. The number of aryl methyl sites for hydroxylation is 1. The highest BCUT2D eigenvalue weighted by Crippen LogP contribution is 2.31. The van der Waals surface area contributed by atoms with Gasteiger partial charge >= 0.3 is 0 Å². The summed E-state index contributed by atoms with van der Waals surface area (Å²) in [6, 6.07) is 12.7. The lowest BCUT2D eigenvalue weighted by molar-refractivity contribution is -0.137. The van der Waals surface area contributed by atoms with Crippen molar-refractivity contribution in [2.75, 3.05) is 14.2 Å². The first-order valence-electron chi connectivity index (χ1n) is 11.4. The highest BCUT2D eigenvalue weighted by molar-refractivity contribution is 5.80. The van der Waals surface area contributed by atoms with Gasteiger partial charge in [-0.2, -0.15) is 0 Å². The summed E-state index contributed by atoms with van der Waals surface area (Å²) < 4.78 is 7.21. The number of benzene rings is 2. The predicted molar refractivity (Wildman–Crippen MR) is 126 cm³/mol.